The Morgan fingerprint density at radius 1 is 0.839 bits per heavy atom. The van der Waals surface area contributed by atoms with Crippen molar-refractivity contribution in [2.24, 2.45) is 11.8 Å². The van der Waals surface area contributed by atoms with E-state index in [-0.39, 0.29) is 23.4 Å². The summed E-state index contributed by atoms with van der Waals surface area (Å²) in [6.45, 7) is 0. The maximum atomic E-state index is 13.7. The molecular weight excluding hydrogens is 416 g/mol. The highest BCUT2D eigenvalue weighted by Crippen LogP contribution is 2.65. The molecule has 0 aromatic heterocycles. The van der Waals surface area contributed by atoms with Crippen molar-refractivity contribution in [3.8, 4) is 0 Å². The fourth-order valence-corrected chi connectivity index (χ4v) is 6.23. The third-order valence-corrected chi connectivity index (χ3v) is 7.48. The number of hydrogen-bond donors (Lipinski definition) is 0. The van der Waals surface area contributed by atoms with E-state index in [0.29, 0.717) is 5.69 Å². The molecule has 3 aromatic rings. The van der Waals surface area contributed by atoms with Crippen LogP contribution in [0, 0.1) is 22.0 Å². The molecule has 152 valence electrons. The van der Waals surface area contributed by atoms with Crippen molar-refractivity contribution in [1.29, 1.82) is 0 Å². The maximum Gasteiger partial charge on any atom is 0.269 e. The fraction of sp³-hybridized carbons (Fsp3) is 0.167. The summed E-state index contributed by atoms with van der Waals surface area (Å²) in [4.78, 5) is 37.8. The lowest BCUT2D eigenvalue weighted by atomic mass is 9.54. The molecule has 3 aromatic carbocycles. The Balaban J connectivity index is 1.55. The first-order valence-electron chi connectivity index (χ1n) is 9.94. The van der Waals surface area contributed by atoms with Crippen LogP contribution in [0.25, 0.3) is 0 Å². The molecule has 3 aliphatic carbocycles. The van der Waals surface area contributed by atoms with Crippen molar-refractivity contribution in [2.45, 2.75) is 10.8 Å². The lowest BCUT2D eigenvalue weighted by Crippen LogP contribution is -2.50. The van der Waals surface area contributed by atoms with Gasteiger partial charge in [-0.25, -0.2) is 4.90 Å². The van der Waals surface area contributed by atoms with Crippen LogP contribution >= 0.6 is 11.6 Å². The zero-order valence-electron chi connectivity index (χ0n) is 16.1. The van der Waals surface area contributed by atoms with Gasteiger partial charge in [-0.3, -0.25) is 19.7 Å². The number of hydrogen-bond acceptors (Lipinski definition) is 4. The van der Waals surface area contributed by atoms with Crippen molar-refractivity contribution in [3.63, 3.8) is 0 Å². The highest BCUT2D eigenvalue weighted by Gasteiger charge is 2.67. The first kappa shape index (κ1) is 18.3. The smallest absolute Gasteiger partial charge is 0.269 e. The number of anilines is 1. The van der Waals surface area contributed by atoms with Crippen LogP contribution < -0.4 is 4.90 Å². The van der Waals surface area contributed by atoms with E-state index < -0.39 is 21.6 Å². The number of nitro benzene ring substituents is 1. The summed E-state index contributed by atoms with van der Waals surface area (Å²) in [6.07, 6.45) is 0. The van der Waals surface area contributed by atoms with Gasteiger partial charge in [0.15, 0.2) is 0 Å². The molecule has 1 aliphatic heterocycles. The molecule has 0 unspecified atom stereocenters. The quantitative estimate of drug-likeness (QED) is 0.262. The lowest BCUT2D eigenvalue weighted by molar-refractivity contribution is -0.384. The van der Waals surface area contributed by atoms with E-state index in [4.69, 9.17) is 11.6 Å². The van der Waals surface area contributed by atoms with Gasteiger partial charge in [-0.2, -0.15) is 0 Å². The molecule has 2 atom stereocenters. The minimum absolute atomic E-state index is 0.103. The average molecular weight is 431 g/mol. The fourth-order valence-electron chi connectivity index (χ4n) is 5.66. The average Bonchev–Trinajstić information content (AvgIpc) is 3.06. The Morgan fingerprint density at radius 2 is 1.39 bits per heavy atom. The third-order valence-electron chi connectivity index (χ3n) is 6.83. The first-order valence-corrected chi connectivity index (χ1v) is 10.3. The molecule has 0 radical (unpaired) electrons. The van der Waals surface area contributed by atoms with Crippen LogP contribution in [-0.2, 0) is 14.5 Å². The highest BCUT2D eigenvalue weighted by molar-refractivity contribution is 6.33. The van der Waals surface area contributed by atoms with E-state index in [1.165, 1.54) is 24.3 Å². The van der Waals surface area contributed by atoms with Crippen LogP contribution in [0.5, 0.6) is 0 Å². The first-order chi connectivity index (χ1) is 14.9. The Kier molecular flexibility index (Phi) is 3.55. The second kappa shape index (κ2) is 6.02. The van der Waals surface area contributed by atoms with E-state index in [9.17, 15) is 19.7 Å². The Labute approximate surface area is 182 Å². The molecule has 0 saturated carbocycles. The number of rotatable bonds is 2. The Bertz CT molecular complexity index is 1260. The Morgan fingerprint density at radius 3 is 1.94 bits per heavy atom. The Hall–Kier alpha value is -3.51. The van der Waals surface area contributed by atoms with Crippen LogP contribution in [-0.4, -0.2) is 16.7 Å². The van der Waals surface area contributed by atoms with Crippen LogP contribution in [0.3, 0.4) is 0 Å². The molecule has 0 spiro atoms. The molecule has 7 rings (SSSR count). The van der Waals surface area contributed by atoms with Crippen molar-refractivity contribution >= 4 is 34.8 Å². The molecule has 1 heterocycles. The zero-order valence-corrected chi connectivity index (χ0v) is 16.8. The van der Waals surface area contributed by atoms with Crippen molar-refractivity contribution in [3.05, 3.63) is 105 Å². The van der Waals surface area contributed by atoms with Gasteiger partial charge in [-0.05, 0) is 34.4 Å². The summed E-state index contributed by atoms with van der Waals surface area (Å²) in [5, 5.41) is 11.0. The molecule has 1 saturated heterocycles. The molecule has 31 heavy (non-hydrogen) atoms. The van der Waals surface area contributed by atoms with Gasteiger partial charge in [-0.1, -0.05) is 48.5 Å². The summed E-state index contributed by atoms with van der Waals surface area (Å²) < 4.78 is 0. The highest BCUT2D eigenvalue weighted by atomic mass is 35.5. The minimum Gasteiger partial charge on any atom is -0.274 e. The number of carbonyl (C=O) groups excluding carboxylic acids is 2. The van der Waals surface area contributed by atoms with Crippen LogP contribution in [0.4, 0.5) is 11.4 Å². The van der Waals surface area contributed by atoms with Gasteiger partial charge in [0.1, 0.15) is 4.87 Å². The number of non-ortho nitro benzene ring substituents is 1. The molecule has 1 fully saturated rings. The molecule has 2 bridgehead atoms. The predicted molar refractivity (Wildman–Crippen MR) is 114 cm³/mol. The van der Waals surface area contributed by atoms with E-state index >= 15 is 0 Å². The number of benzene rings is 3. The summed E-state index contributed by atoms with van der Waals surface area (Å²) >= 11 is 7.35. The number of amides is 2. The number of carbonyl (C=O) groups is 2. The topological polar surface area (TPSA) is 80.5 Å². The summed E-state index contributed by atoms with van der Waals surface area (Å²) in [5.74, 6) is -2.31. The SMILES string of the molecule is O=C1[C@@H]2C3c4ccccc4C(Cl)(c4ccccc43)[C@@H]2C(=O)N1c1ccc([N+](=O)[O-])cc1. The number of halogens is 1. The van der Waals surface area contributed by atoms with Gasteiger partial charge in [-0.15, -0.1) is 11.6 Å². The van der Waals surface area contributed by atoms with E-state index in [1.807, 2.05) is 48.5 Å². The largest absolute Gasteiger partial charge is 0.274 e. The normalized spacial score (nSPS) is 27.6. The minimum atomic E-state index is -1.14. The van der Waals surface area contributed by atoms with Crippen LogP contribution in [0.2, 0.25) is 0 Å². The van der Waals surface area contributed by atoms with Crippen LogP contribution in [0.15, 0.2) is 72.8 Å². The van der Waals surface area contributed by atoms with Gasteiger partial charge in [0.05, 0.1) is 22.4 Å². The predicted octanol–water partition coefficient (Wildman–Crippen LogP) is 4.34. The summed E-state index contributed by atoms with van der Waals surface area (Å²) in [7, 11) is 0. The van der Waals surface area contributed by atoms with Gasteiger partial charge < -0.3 is 0 Å². The molecule has 4 aliphatic rings. The molecular formula is C24H15ClN2O4. The van der Waals surface area contributed by atoms with Crippen molar-refractivity contribution in [2.75, 3.05) is 4.90 Å². The van der Waals surface area contributed by atoms with E-state index in [1.54, 1.807) is 0 Å². The van der Waals surface area contributed by atoms with Gasteiger partial charge in [0, 0.05) is 18.1 Å². The molecule has 6 nitrogen and oxygen atoms in total. The number of nitrogens with zero attached hydrogens (tertiary/aromatic N) is 2. The van der Waals surface area contributed by atoms with Crippen molar-refractivity contribution < 1.29 is 14.5 Å². The van der Waals surface area contributed by atoms with E-state index in [0.717, 1.165) is 27.2 Å². The number of imide groups is 1. The monoisotopic (exact) mass is 430 g/mol. The summed E-state index contributed by atoms with van der Waals surface area (Å²) in [5.41, 5.74) is 3.91. The lowest BCUT2D eigenvalue weighted by Gasteiger charge is -2.50. The zero-order chi connectivity index (χ0) is 21.5. The molecule has 7 heteroatoms. The summed E-state index contributed by atoms with van der Waals surface area (Å²) in [6, 6.07) is 21.0. The second-order valence-corrected chi connectivity index (χ2v) is 8.75. The maximum absolute atomic E-state index is 13.7. The van der Waals surface area contributed by atoms with E-state index in [2.05, 4.69) is 0 Å². The van der Waals surface area contributed by atoms with Gasteiger partial charge in [0.25, 0.3) is 5.69 Å². The molecule has 0 N–H and O–H groups in total. The van der Waals surface area contributed by atoms with Gasteiger partial charge >= 0.3 is 0 Å². The van der Waals surface area contributed by atoms with Crippen molar-refractivity contribution in [1.82, 2.24) is 0 Å². The standard InChI is InChI=1S/C24H15ClN2O4/c25-24-17-7-3-1-5-15(17)19(16-6-2-4-8-18(16)24)20-21(24)23(29)26(22(20)28)13-9-11-14(12-10-13)27(30)31/h1-12,19-21H/t19?,20-,21+,24?/m1/s1. The third kappa shape index (κ3) is 2.12. The van der Waals surface area contributed by atoms with Crippen LogP contribution in [0.1, 0.15) is 28.2 Å². The molecule has 2 amide bonds. The second-order valence-electron chi connectivity index (χ2n) is 8.15. The number of alkyl halides is 1. The van der Waals surface area contributed by atoms with Gasteiger partial charge in [0.2, 0.25) is 11.8 Å². The number of nitro groups is 1.